The average Bonchev–Trinajstić information content (AvgIpc) is 3.20. The summed E-state index contributed by atoms with van der Waals surface area (Å²) in [4.78, 5) is 28.1. The molecular weight excluding hydrogens is 488 g/mol. The van der Waals surface area contributed by atoms with E-state index in [9.17, 15) is 14.0 Å². The van der Waals surface area contributed by atoms with Gasteiger partial charge in [0.1, 0.15) is 39.4 Å². The largest absolute Gasteiger partial charge is 0.484 e. The monoisotopic (exact) mass is 507 g/mol. The Bertz CT molecular complexity index is 761. The van der Waals surface area contributed by atoms with E-state index in [1.807, 2.05) is 0 Å². The van der Waals surface area contributed by atoms with Gasteiger partial charge >= 0.3 is 0 Å². The summed E-state index contributed by atoms with van der Waals surface area (Å²) in [6, 6.07) is 4.44. The molecule has 0 aliphatic rings. The fraction of sp³-hybridized carbons (Fsp3) is 0.353. The molecule has 10 heteroatoms. The number of carbonyl (C=O) groups is 2. The van der Waals surface area contributed by atoms with Crippen molar-refractivity contribution in [3.8, 4) is 5.75 Å². The van der Waals surface area contributed by atoms with Crippen LogP contribution < -0.4 is 15.4 Å². The third-order valence-electron chi connectivity index (χ3n) is 3.57. The van der Waals surface area contributed by atoms with Crippen molar-refractivity contribution in [1.82, 2.24) is 15.6 Å². The molecule has 0 aliphatic heterocycles. The predicted octanol–water partition coefficient (Wildman–Crippen LogP) is 2.64. The van der Waals surface area contributed by atoms with Crippen LogP contribution in [0.2, 0.25) is 0 Å². The number of rotatable bonds is 10. The molecule has 1 unspecified atom stereocenters. The van der Waals surface area contributed by atoms with Gasteiger partial charge in [-0.1, -0.05) is 6.07 Å². The van der Waals surface area contributed by atoms with Crippen LogP contribution in [-0.2, 0) is 7.86 Å². The van der Waals surface area contributed by atoms with Crippen LogP contribution in [0.25, 0.3) is 0 Å². The third-order valence-corrected chi connectivity index (χ3v) is 5.07. The Morgan fingerprint density at radius 3 is 2.85 bits per heavy atom. The minimum Gasteiger partial charge on any atom is -0.484 e. The van der Waals surface area contributed by atoms with Crippen LogP contribution in [0.15, 0.2) is 29.9 Å². The molecule has 2 rings (SSSR count). The van der Waals surface area contributed by atoms with Crippen molar-refractivity contribution in [3.63, 3.8) is 0 Å². The number of ether oxygens (including phenoxy) is 1. The van der Waals surface area contributed by atoms with Crippen molar-refractivity contribution in [2.75, 3.05) is 19.7 Å². The number of nitrogens with zero attached hydrogens (tertiary/aromatic N) is 1. The summed E-state index contributed by atoms with van der Waals surface area (Å²) in [7, 11) is 0. The van der Waals surface area contributed by atoms with E-state index in [1.54, 1.807) is 47.6 Å². The average molecular weight is 507 g/mol. The lowest BCUT2D eigenvalue weighted by Crippen LogP contribution is -2.36. The molecule has 2 N–H and O–H groups in total. The summed E-state index contributed by atoms with van der Waals surface area (Å²) in [5.41, 5.74) is 2.10. The van der Waals surface area contributed by atoms with Crippen molar-refractivity contribution in [2.24, 2.45) is 0 Å². The zero-order valence-electron chi connectivity index (χ0n) is 14.5. The number of halogens is 2. The first-order valence-electron chi connectivity index (χ1n) is 8.09. The van der Waals surface area contributed by atoms with Crippen LogP contribution >= 0.6 is 34.3 Å². The Kier molecular flexibility index (Phi) is 8.88. The van der Waals surface area contributed by atoms with Crippen molar-refractivity contribution in [1.29, 1.82) is 0 Å². The van der Waals surface area contributed by atoms with Crippen molar-refractivity contribution in [2.45, 2.75) is 19.4 Å². The van der Waals surface area contributed by atoms with Crippen LogP contribution in [0.4, 0.5) is 4.39 Å². The molecule has 7 nitrogen and oxygen atoms in total. The lowest BCUT2D eigenvalue weighted by molar-refractivity contribution is -0.123. The first-order valence-corrected chi connectivity index (χ1v) is 9.85. The normalized spacial score (nSPS) is 11.7. The van der Waals surface area contributed by atoms with E-state index >= 15 is 0 Å². The standard InChI is InChI=1S/C17H19FIN3O4S/c1-11-2-3-12(6-14(11)18)25-9-16(23)21-5-4-13(26-19)7-22-17(24)15-8-20-10-27-15/h2-3,6,8,10,13H,4-5,7,9H2,1H3,(H,21,23)(H,22,24). The van der Waals surface area contributed by atoms with Crippen LogP contribution in [0.5, 0.6) is 5.75 Å². The van der Waals surface area contributed by atoms with Crippen molar-refractivity contribution in [3.05, 3.63) is 46.2 Å². The summed E-state index contributed by atoms with van der Waals surface area (Å²) >= 11 is 3.02. The molecule has 1 heterocycles. The van der Waals surface area contributed by atoms with Crippen LogP contribution in [-0.4, -0.2) is 42.6 Å². The number of aromatic nitrogens is 1. The zero-order valence-corrected chi connectivity index (χ0v) is 17.5. The number of nitrogens with one attached hydrogen (secondary N) is 2. The highest BCUT2D eigenvalue weighted by molar-refractivity contribution is 14.1. The van der Waals surface area contributed by atoms with Gasteiger partial charge in [0.2, 0.25) is 0 Å². The van der Waals surface area contributed by atoms with Crippen LogP contribution in [0.1, 0.15) is 21.7 Å². The number of hydrogen-bond acceptors (Lipinski definition) is 6. The maximum atomic E-state index is 13.4. The molecule has 0 bridgehead atoms. The van der Waals surface area contributed by atoms with Gasteiger partial charge in [0.05, 0.1) is 17.8 Å². The van der Waals surface area contributed by atoms with E-state index in [4.69, 9.17) is 7.80 Å². The number of aryl methyl sites for hydroxylation is 1. The number of thiazole rings is 1. The van der Waals surface area contributed by atoms with Gasteiger partial charge in [0.15, 0.2) is 6.61 Å². The Balaban J connectivity index is 1.65. The smallest absolute Gasteiger partial charge is 0.263 e. The molecule has 1 aromatic carbocycles. The fourth-order valence-corrected chi connectivity index (χ4v) is 3.01. The SMILES string of the molecule is Cc1ccc(OCC(=O)NCCC(CNC(=O)c2cncs2)OI)cc1F. The molecular formula is C17H19FIN3O4S. The Labute approximate surface area is 174 Å². The minimum atomic E-state index is -0.379. The summed E-state index contributed by atoms with van der Waals surface area (Å²) in [6.07, 6.45) is 1.76. The van der Waals surface area contributed by atoms with Crippen LogP contribution in [0.3, 0.4) is 0 Å². The molecule has 2 aromatic rings. The molecule has 1 atom stereocenters. The Morgan fingerprint density at radius 1 is 1.37 bits per heavy atom. The number of amides is 2. The lowest BCUT2D eigenvalue weighted by atomic mass is 10.2. The highest BCUT2D eigenvalue weighted by atomic mass is 127. The molecule has 2 amide bonds. The van der Waals surface area contributed by atoms with E-state index < -0.39 is 0 Å². The third kappa shape index (κ3) is 7.39. The molecule has 0 radical (unpaired) electrons. The highest BCUT2D eigenvalue weighted by Crippen LogP contribution is 2.15. The molecule has 0 fully saturated rings. The van der Waals surface area contributed by atoms with E-state index in [0.717, 1.165) is 0 Å². The molecule has 0 spiro atoms. The van der Waals surface area contributed by atoms with E-state index in [1.165, 1.54) is 23.6 Å². The van der Waals surface area contributed by atoms with Crippen LogP contribution in [0, 0.1) is 12.7 Å². The van der Waals surface area contributed by atoms with Gasteiger partial charge in [-0.05, 0) is 25.0 Å². The summed E-state index contributed by atoms with van der Waals surface area (Å²) in [5.74, 6) is -0.613. The maximum absolute atomic E-state index is 13.4. The second kappa shape index (κ2) is 11.1. The molecule has 0 aliphatic carbocycles. The highest BCUT2D eigenvalue weighted by Gasteiger charge is 2.13. The number of carbonyl (C=O) groups excluding carboxylic acids is 2. The molecule has 0 saturated heterocycles. The minimum absolute atomic E-state index is 0.208. The molecule has 1 aromatic heterocycles. The van der Waals surface area contributed by atoms with Gasteiger partial charge in [0, 0.05) is 19.2 Å². The first-order chi connectivity index (χ1) is 13.0. The quantitative estimate of drug-likeness (QED) is 0.483. The van der Waals surface area contributed by atoms with Gasteiger partial charge in [-0.15, -0.1) is 11.3 Å². The predicted molar refractivity (Wildman–Crippen MR) is 108 cm³/mol. The second-order valence-electron chi connectivity index (χ2n) is 5.63. The molecule has 146 valence electrons. The summed E-state index contributed by atoms with van der Waals surface area (Å²) in [6.45, 7) is 2.11. The van der Waals surface area contributed by atoms with Gasteiger partial charge in [-0.2, -0.15) is 0 Å². The van der Waals surface area contributed by atoms with Gasteiger partial charge in [-0.25, -0.2) is 4.39 Å². The molecule has 27 heavy (non-hydrogen) atoms. The van der Waals surface area contributed by atoms with Gasteiger partial charge in [0.25, 0.3) is 11.8 Å². The summed E-state index contributed by atoms with van der Waals surface area (Å²) < 4.78 is 24.0. The fourth-order valence-electron chi connectivity index (χ4n) is 2.04. The number of hydrogen-bond donors (Lipinski definition) is 2. The van der Waals surface area contributed by atoms with E-state index in [0.29, 0.717) is 35.7 Å². The van der Waals surface area contributed by atoms with E-state index in [2.05, 4.69) is 15.6 Å². The summed E-state index contributed by atoms with van der Waals surface area (Å²) in [5, 5.41) is 5.46. The molecule has 0 saturated carbocycles. The van der Waals surface area contributed by atoms with Crippen molar-refractivity contribution < 1.29 is 21.8 Å². The number of benzene rings is 1. The van der Waals surface area contributed by atoms with Gasteiger partial charge < -0.3 is 18.4 Å². The second-order valence-corrected chi connectivity index (χ2v) is 7.02. The lowest BCUT2D eigenvalue weighted by Gasteiger charge is -2.15. The van der Waals surface area contributed by atoms with Gasteiger partial charge in [-0.3, -0.25) is 14.6 Å². The van der Waals surface area contributed by atoms with Crippen molar-refractivity contribution >= 4 is 46.2 Å². The topological polar surface area (TPSA) is 89.6 Å². The zero-order chi connectivity index (χ0) is 19.6. The Hall–Kier alpha value is -1.79. The van der Waals surface area contributed by atoms with E-state index in [-0.39, 0.29) is 30.3 Å². The maximum Gasteiger partial charge on any atom is 0.263 e. The first kappa shape index (κ1) is 21.5. The Morgan fingerprint density at radius 2 is 2.19 bits per heavy atom.